The Labute approximate surface area is 180 Å². The van der Waals surface area contributed by atoms with Crippen molar-refractivity contribution in [3.8, 4) is 5.75 Å². The third kappa shape index (κ3) is 6.14. The third-order valence-corrected chi connectivity index (χ3v) is 4.32. The molecule has 1 aliphatic heterocycles. The van der Waals surface area contributed by atoms with E-state index in [2.05, 4.69) is 44.6 Å². The number of benzene rings is 2. The fraction of sp³-hybridized carbons (Fsp3) is 0.130. The number of aliphatic carboxylic acids is 1. The summed E-state index contributed by atoms with van der Waals surface area (Å²) in [4.78, 5) is 21.5. The number of rotatable bonds is 5. The summed E-state index contributed by atoms with van der Waals surface area (Å²) in [5.41, 5.74) is 11.1. The van der Waals surface area contributed by atoms with Gasteiger partial charge in [-0.1, -0.05) is 24.3 Å². The molecule has 0 saturated heterocycles. The van der Waals surface area contributed by atoms with Crippen LogP contribution in [0.5, 0.6) is 5.75 Å². The van der Waals surface area contributed by atoms with E-state index in [1.165, 1.54) is 5.56 Å². The van der Waals surface area contributed by atoms with Gasteiger partial charge in [0.2, 0.25) is 5.95 Å². The Morgan fingerprint density at radius 1 is 1.19 bits per heavy atom. The van der Waals surface area contributed by atoms with E-state index in [1.807, 2.05) is 30.5 Å². The highest BCUT2D eigenvalue weighted by Gasteiger charge is 2.12. The first-order valence-electron chi connectivity index (χ1n) is 9.48. The van der Waals surface area contributed by atoms with Crippen molar-refractivity contribution in [1.82, 2.24) is 9.97 Å². The lowest BCUT2D eigenvalue weighted by Crippen LogP contribution is -2.00. The van der Waals surface area contributed by atoms with Crippen LogP contribution in [0, 0.1) is 0 Å². The van der Waals surface area contributed by atoms with Crippen molar-refractivity contribution in [2.75, 3.05) is 18.2 Å². The van der Waals surface area contributed by atoms with Crippen molar-refractivity contribution in [2.24, 2.45) is 4.99 Å². The Kier molecular flexibility index (Phi) is 6.95. The first-order valence-corrected chi connectivity index (χ1v) is 9.48. The number of nitrogen functional groups attached to an aromatic ring is 1. The van der Waals surface area contributed by atoms with E-state index in [1.54, 1.807) is 19.4 Å². The molecule has 0 amide bonds. The predicted octanol–water partition coefficient (Wildman–Crippen LogP) is 4.00. The van der Waals surface area contributed by atoms with Gasteiger partial charge in [-0.15, -0.1) is 0 Å². The Morgan fingerprint density at radius 2 is 1.94 bits per heavy atom. The average molecular weight is 417 g/mol. The van der Waals surface area contributed by atoms with E-state index < -0.39 is 5.97 Å². The smallest absolute Gasteiger partial charge is 0.300 e. The van der Waals surface area contributed by atoms with Gasteiger partial charge in [0.1, 0.15) is 11.6 Å². The van der Waals surface area contributed by atoms with Crippen LogP contribution < -0.4 is 15.8 Å². The summed E-state index contributed by atoms with van der Waals surface area (Å²) >= 11 is 0. The zero-order valence-corrected chi connectivity index (χ0v) is 17.2. The van der Waals surface area contributed by atoms with Gasteiger partial charge in [0.25, 0.3) is 5.97 Å². The maximum atomic E-state index is 9.00. The van der Waals surface area contributed by atoms with E-state index in [-0.39, 0.29) is 5.95 Å². The van der Waals surface area contributed by atoms with Crippen LogP contribution in [0.15, 0.2) is 53.7 Å². The fourth-order valence-corrected chi connectivity index (χ4v) is 2.96. The van der Waals surface area contributed by atoms with Crippen LogP contribution in [0.25, 0.3) is 12.2 Å². The van der Waals surface area contributed by atoms with Gasteiger partial charge in [0, 0.05) is 25.0 Å². The van der Waals surface area contributed by atoms with Gasteiger partial charge >= 0.3 is 0 Å². The number of hydrogen-bond donors (Lipinski definition) is 3. The Hall–Kier alpha value is -4.20. The number of anilines is 3. The lowest BCUT2D eigenvalue weighted by atomic mass is 10.0. The summed E-state index contributed by atoms with van der Waals surface area (Å²) < 4.78 is 5.21. The molecule has 3 aromatic rings. The molecule has 8 heteroatoms. The molecule has 1 aliphatic rings. The number of aliphatic imine (C=N–C) groups is 1. The minimum Gasteiger partial charge on any atom is -0.497 e. The highest BCUT2D eigenvalue weighted by molar-refractivity contribution is 5.90. The van der Waals surface area contributed by atoms with Crippen LogP contribution in [0.2, 0.25) is 0 Å². The van der Waals surface area contributed by atoms with Gasteiger partial charge in [0.15, 0.2) is 0 Å². The van der Waals surface area contributed by atoms with Gasteiger partial charge in [-0.05, 0) is 52.6 Å². The minimum absolute atomic E-state index is 0.238. The van der Waals surface area contributed by atoms with E-state index in [0.29, 0.717) is 12.4 Å². The molecule has 0 atom stereocenters. The van der Waals surface area contributed by atoms with Gasteiger partial charge in [-0.2, -0.15) is 4.98 Å². The maximum Gasteiger partial charge on any atom is 0.300 e. The lowest BCUT2D eigenvalue weighted by Gasteiger charge is -2.10. The van der Waals surface area contributed by atoms with Crippen molar-refractivity contribution in [1.29, 1.82) is 0 Å². The van der Waals surface area contributed by atoms with Crippen LogP contribution in [0.3, 0.4) is 0 Å². The molecule has 0 saturated carbocycles. The summed E-state index contributed by atoms with van der Waals surface area (Å²) in [5, 5.41) is 10.7. The lowest BCUT2D eigenvalue weighted by molar-refractivity contribution is -0.134. The normalized spacial score (nSPS) is 11.5. The number of ether oxygens (including phenoxy) is 1. The van der Waals surface area contributed by atoms with Crippen LogP contribution in [-0.2, 0) is 11.3 Å². The minimum atomic E-state index is -0.833. The number of methoxy groups -OCH3 is 1. The van der Waals surface area contributed by atoms with Crippen LogP contribution in [-0.4, -0.2) is 34.4 Å². The summed E-state index contributed by atoms with van der Waals surface area (Å²) in [7, 11) is 1.66. The SMILES string of the molecule is CC(=O)O.COc1ccc(/C=C/c2cc(Nc3ccnc(N)n3)cc3c2CN=C3)cc1. The summed E-state index contributed by atoms with van der Waals surface area (Å²) in [6.45, 7) is 1.78. The van der Waals surface area contributed by atoms with Gasteiger partial charge in [0.05, 0.1) is 13.7 Å². The monoisotopic (exact) mass is 417 g/mol. The second kappa shape index (κ2) is 10.0. The van der Waals surface area contributed by atoms with Gasteiger partial charge < -0.3 is 20.9 Å². The fourth-order valence-electron chi connectivity index (χ4n) is 2.96. The highest BCUT2D eigenvalue weighted by Crippen LogP contribution is 2.28. The molecule has 8 nitrogen and oxygen atoms in total. The molecule has 0 unspecified atom stereocenters. The van der Waals surface area contributed by atoms with E-state index in [9.17, 15) is 0 Å². The highest BCUT2D eigenvalue weighted by atomic mass is 16.5. The van der Waals surface area contributed by atoms with Crippen LogP contribution in [0.4, 0.5) is 17.5 Å². The molecule has 1 aromatic heterocycles. The Balaban J connectivity index is 0.000000628. The summed E-state index contributed by atoms with van der Waals surface area (Å²) in [6.07, 6.45) is 7.72. The third-order valence-electron chi connectivity index (χ3n) is 4.32. The number of aromatic nitrogens is 2. The van der Waals surface area contributed by atoms with Crippen molar-refractivity contribution < 1.29 is 14.6 Å². The molecule has 0 spiro atoms. The number of carbonyl (C=O) groups is 1. The Bertz CT molecular complexity index is 1120. The quantitative estimate of drug-likeness (QED) is 0.536. The Morgan fingerprint density at radius 3 is 2.61 bits per heavy atom. The predicted molar refractivity (Wildman–Crippen MR) is 123 cm³/mol. The van der Waals surface area contributed by atoms with E-state index in [0.717, 1.165) is 35.1 Å². The zero-order valence-electron chi connectivity index (χ0n) is 17.2. The number of fused-ring (bicyclic) bond motifs is 1. The standard InChI is InChI=1S/C21H19N5O.C2H4O2/c1-27-18-6-3-14(4-7-18)2-5-15-10-17(11-16-12-23-13-19(15)16)25-20-8-9-24-21(22)26-20;1-2(3)4/h2-12H,13H2,1H3,(H3,22,24,25,26);1H3,(H,3,4)/b5-2+;. The van der Waals surface area contributed by atoms with Crippen molar-refractivity contribution >= 4 is 41.8 Å². The molecule has 0 bridgehead atoms. The summed E-state index contributed by atoms with van der Waals surface area (Å²) in [5.74, 6) is 0.904. The molecule has 158 valence electrons. The first kappa shape index (κ1) is 21.5. The molecule has 2 heterocycles. The molecular weight excluding hydrogens is 394 g/mol. The van der Waals surface area contributed by atoms with Gasteiger partial charge in [-0.3, -0.25) is 9.79 Å². The molecule has 0 radical (unpaired) electrons. The molecule has 0 aliphatic carbocycles. The molecule has 31 heavy (non-hydrogen) atoms. The second-order valence-corrected chi connectivity index (χ2v) is 6.65. The summed E-state index contributed by atoms with van der Waals surface area (Å²) in [6, 6.07) is 13.9. The number of carboxylic acid groups (broad SMARTS) is 1. The van der Waals surface area contributed by atoms with E-state index in [4.69, 9.17) is 20.4 Å². The van der Waals surface area contributed by atoms with Crippen LogP contribution in [0.1, 0.15) is 29.2 Å². The van der Waals surface area contributed by atoms with Crippen LogP contribution >= 0.6 is 0 Å². The number of nitrogens with zero attached hydrogens (tertiary/aromatic N) is 3. The topological polar surface area (TPSA) is 123 Å². The number of nitrogens with two attached hydrogens (primary N) is 1. The maximum absolute atomic E-state index is 9.00. The zero-order chi connectivity index (χ0) is 22.2. The van der Waals surface area contributed by atoms with Crippen molar-refractivity contribution in [3.05, 3.63) is 70.9 Å². The average Bonchev–Trinajstić information content (AvgIpc) is 3.21. The molecule has 2 aromatic carbocycles. The largest absolute Gasteiger partial charge is 0.497 e. The molecule has 4 rings (SSSR count). The number of hydrogen-bond acceptors (Lipinski definition) is 7. The first-order chi connectivity index (χ1) is 14.9. The number of nitrogens with one attached hydrogen (secondary N) is 1. The number of carboxylic acids is 1. The van der Waals surface area contributed by atoms with Crippen molar-refractivity contribution in [3.63, 3.8) is 0 Å². The van der Waals surface area contributed by atoms with Gasteiger partial charge in [-0.25, -0.2) is 4.98 Å². The molecule has 4 N–H and O–H groups in total. The second-order valence-electron chi connectivity index (χ2n) is 6.65. The van der Waals surface area contributed by atoms with Crippen molar-refractivity contribution in [2.45, 2.75) is 13.5 Å². The van der Waals surface area contributed by atoms with E-state index >= 15 is 0 Å². The molecular formula is C23H23N5O3. The molecule has 0 fully saturated rings.